The Bertz CT molecular complexity index is 858. The molecule has 0 radical (unpaired) electrons. The Morgan fingerprint density at radius 3 is 2.43 bits per heavy atom. The van der Waals surface area contributed by atoms with Crippen LogP contribution in [0.1, 0.15) is 70.5 Å². The van der Waals surface area contributed by atoms with Crippen LogP contribution in [0.15, 0.2) is 28.8 Å². The molecule has 1 N–H and O–H groups in total. The van der Waals surface area contributed by atoms with E-state index in [1.807, 2.05) is 6.92 Å². The Morgan fingerprint density at radius 2 is 1.83 bits per heavy atom. The molecule has 1 aromatic heterocycles. The Balaban J connectivity index is 1.68. The van der Waals surface area contributed by atoms with Crippen LogP contribution in [0.25, 0.3) is 0 Å². The number of hydrogen-bond donors (Lipinski definition) is 1. The van der Waals surface area contributed by atoms with Crippen molar-refractivity contribution < 1.29 is 18.5 Å². The molecule has 1 aliphatic rings. The fourth-order valence-electron chi connectivity index (χ4n) is 4.10. The van der Waals surface area contributed by atoms with Gasteiger partial charge < -0.3 is 14.7 Å². The van der Waals surface area contributed by atoms with E-state index in [2.05, 4.69) is 15.5 Å². The molecule has 2 amide bonds. The summed E-state index contributed by atoms with van der Waals surface area (Å²) in [6.07, 6.45) is 6.28. The van der Waals surface area contributed by atoms with Gasteiger partial charge in [0.05, 0.1) is 0 Å². The van der Waals surface area contributed by atoms with Gasteiger partial charge in [-0.15, -0.1) is 0 Å². The topological polar surface area (TPSA) is 88.3 Å². The minimum atomic E-state index is -0.600. The predicted octanol–water partition coefficient (Wildman–Crippen LogP) is 3.88. The smallest absolute Gasteiger partial charge is 0.227 e. The van der Waals surface area contributed by atoms with Crippen molar-refractivity contribution in [2.45, 2.75) is 70.8 Å². The maximum absolute atomic E-state index is 13.2. The first-order chi connectivity index (χ1) is 14.4. The molecular formula is C22H29FN4O3. The van der Waals surface area contributed by atoms with Gasteiger partial charge in [-0.25, -0.2) is 4.39 Å². The van der Waals surface area contributed by atoms with Gasteiger partial charge in [0.25, 0.3) is 0 Å². The first-order valence-electron chi connectivity index (χ1n) is 10.6. The predicted molar refractivity (Wildman–Crippen MR) is 110 cm³/mol. The second-order valence-electron chi connectivity index (χ2n) is 7.80. The Kier molecular flexibility index (Phi) is 7.18. The van der Waals surface area contributed by atoms with E-state index in [0.717, 1.165) is 38.5 Å². The number of carbonyl (C=O) groups excluding carboxylic acids is 2. The van der Waals surface area contributed by atoms with E-state index in [-0.39, 0.29) is 24.1 Å². The van der Waals surface area contributed by atoms with Crippen LogP contribution in [0, 0.1) is 5.82 Å². The first-order valence-corrected chi connectivity index (χ1v) is 10.6. The van der Waals surface area contributed by atoms with Gasteiger partial charge in [0.2, 0.25) is 17.7 Å². The van der Waals surface area contributed by atoms with Crippen molar-refractivity contribution in [3.63, 3.8) is 0 Å². The number of halogens is 1. The number of nitrogens with zero attached hydrogens (tertiary/aromatic N) is 3. The van der Waals surface area contributed by atoms with Gasteiger partial charge in [-0.1, -0.05) is 30.8 Å². The summed E-state index contributed by atoms with van der Waals surface area (Å²) in [7, 11) is 0. The third-order valence-corrected chi connectivity index (χ3v) is 5.58. The van der Waals surface area contributed by atoms with Gasteiger partial charge in [0.1, 0.15) is 11.4 Å². The molecule has 2 aromatic rings. The number of amides is 2. The largest absolute Gasteiger partial charge is 0.343 e. The average Bonchev–Trinajstić information content (AvgIpc) is 3.08. The monoisotopic (exact) mass is 416 g/mol. The summed E-state index contributed by atoms with van der Waals surface area (Å²) in [5.74, 6) is 0.314. The lowest BCUT2D eigenvalue weighted by Gasteiger charge is -2.30. The standard InChI is InChI=1S/C22H29FN4O3/c1-3-27(18-10-8-17(23)9-11-18)20(29)13-12-19-24-21(26-30-19)22(25-16(2)28)14-6-4-5-7-15-22/h8-11H,3-7,12-15H2,1-2H3,(H,25,28). The van der Waals surface area contributed by atoms with Crippen LogP contribution in [-0.2, 0) is 21.5 Å². The van der Waals surface area contributed by atoms with Crippen LogP contribution in [-0.4, -0.2) is 28.5 Å². The molecule has 0 bridgehead atoms. The second-order valence-corrected chi connectivity index (χ2v) is 7.80. The van der Waals surface area contributed by atoms with Crippen LogP contribution < -0.4 is 10.2 Å². The summed E-state index contributed by atoms with van der Waals surface area (Å²) in [5.41, 5.74) is 0.0516. The molecule has 0 unspecified atom stereocenters. The van der Waals surface area contributed by atoms with Crippen LogP contribution in [0.4, 0.5) is 10.1 Å². The number of aromatic nitrogens is 2. The average molecular weight is 416 g/mol. The van der Waals surface area contributed by atoms with E-state index in [1.165, 1.54) is 19.1 Å². The summed E-state index contributed by atoms with van der Waals surface area (Å²) >= 11 is 0. The van der Waals surface area contributed by atoms with Crippen molar-refractivity contribution in [2.24, 2.45) is 0 Å². The van der Waals surface area contributed by atoms with E-state index in [0.29, 0.717) is 30.4 Å². The molecule has 7 nitrogen and oxygen atoms in total. The molecule has 1 saturated carbocycles. The highest BCUT2D eigenvalue weighted by atomic mass is 19.1. The highest BCUT2D eigenvalue weighted by Gasteiger charge is 2.38. The van der Waals surface area contributed by atoms with Crippen LogP contribution >= 0.6 is 0 Å². The maximum Gasteiger partial charge on any atom is 0.227 e. The molecular weight excluding hydrogens is 387 g/mol. The molecule has 1 fully saturated rings. The zero-order chi connectivity index (χ0) is 21.6. The summed E-state index contributed by atoms with van der Waals surface area (Å²) < 4.78 is 18.6. The molecule has 8 heteroatoms. The van der Waals surface area contributed by atoms with Gasteiger partial charge in [0.15, 0.2) is 5.82 Å². The van der Waals surface area contributed by atoms with Crippen LogP contribution in [0.5, 0.6) is 0 Å². The third kappa shape index (κ3) is 5.23. The molecule has 0 spiro atoms. The summed E-state index contributed by atoms with van der Waals surface area (Å²) in [6.45, 7) is 3.85. The molecule has 162 valence electrons. The molecule has 3 rings (SSSR count). The van der Waals surface area contributed by atoms with Crippen LogP contribution in [0.2, 0.25) is 0 Å². The number of rotatable bonds is 7. The number of nitrogens with one attached hydrogen (secondary N) is 1. The fraction of sp³-hybridized carbons (Fsp3) is 0.545. The molecule has 30 heavy (non-hydrogen) atoms. The molecule has 0 saturated heterocycles. The molecule has 0 aliphatic heterocycles. The molecule has 1 aliphatic carbocycles. The van der Waals surface area contributed by atoms with Gasteiger partial charge in [-0.3, -0.25) is 9.59 Å². The van der Waals surface area contributed by atoms with Crippen molar-refractivity contribution >= 4 is 17.5 Å². The van der Waals surface area contributed by atoms with E-state index in [4.69, 9.17) is 4.52 Å². The summed E-state index contributed by atoms with van der Waals surface area (Å²) in [6, 6.07) is 5.85. The van der Waals surface area contributed by atoms with Gasteiger partial charge in [-0.05, 0) is 44.0 Å². The third-order valence-electron chi connectivity index (χ3n) is 5.58. The van der Waals surface area contributed by atoms with E-state index < -0.39 is 5.54 Å². The molecule has 0 atom stereocenters. The molecule has 1 aromatic carbocycles. The first kappa shape index (κ1) is 21.9. The zero-order valence-electron chi connectivity index (χ0n) is 17.6. The minimum Gasteiger partial charge on any atom is -0.343 e. The van der Waals surface area contributed by atoms with Gasteiger partial charge in [0, 0.05) is 32.0 Å². The van der Waals surface area contributed by atoms with Crippen molar-refractivity contribution in [3.8, 4) is 0 Å². The molecule has 1 heterocycles. The van der Waals surface area contributed by atoms with Crippen molar-refractivity contribution in [2.75, 3.05) is 11.4 Å². The minimum absolute atomic E-state index is 0.102. The van der Waals surface area contributed by atoms with Crippen LogP contribution in [0.3, 0.4) is 0 Å². The quantitative estimate of drug-likeness (QED) is 0.692. The van der Waals surface area contributed by atoms with Crippen molar-refractivity contribution in [1.29, 1.82) is 0 Å². The number of carbonyl (C=O) groups is 2. The van der Waals surface area contributed by atoms with E-state index in [9.17, 15) is 14.0 Å². The summed E-state index contributed by atoms with van der Waals surface area (Å²) in [5, 5.41) is 7.20. The SMILES string of the molecule is CCN(C(=O)CCc1nc(C2(NC(C)=O)CCCCCC2)no1)c1ccc(F)cc1. The van der Waals surface area contributed by atoms with E-state index >= 15 is 0 Å². The maximum atomic E-state index is 13.2. The Morgan fingerprint density at radius 1 is 1.17 bits per heavy atom. The van der Waals surface area contributed by atoms with Crippen molar-refractivity contribution in [3.05, 3.63) is 41.8 Å². The summed E-state index contributed by atoms with van der Waals surface area (Å²) in [4.78, 5) is 30.6. The van der Waals surface area contributed by atoms with Crippen molar-refractivity contribution in [1.82, 2.24) is 15.5 Å². The van der Waals surface area contributed by atoms with Gasteiger partial charge in [-0.2, -0.15) is 4.98 Å². The fourth-order valence-corrected chi connectivity index (χ4v) is 4.10. The number of anilines is 1. The number of benzene rings is 1. The zero-order valence-corrected chi connectivity index (χ0v) is 17.6. The van der Waals surface area contributed by atoms with Gasteiger partial charge >= 0.3 is 0 Å². The Hall–Kier alpha value is -2.77. The lowest BCUT2D eigenvalue weighted by atomic mass is 9.89. The number of aryl methyl sites for hydroxylation is 1. The highest BCUT2D eigenvalue weighted by Crippen LogP contribution is 2.34. The van der Waals surface area contributed by atoms with E-state index in [1.54, 1.807) is 17.0 Å². The normalized spacial score (nSPS) is 16.0. The number of hydrogen-bond acceptors (Lipinski definition) is 5. The lowest BCUT2D eigenvalue weighted by Crippen LogP contribution is -2.45. The lowest BCUT2D eigenvalue weighted by molar-refractivity contribution is -0.121. The second kappa shape index (κ2) is 9.82. The highest BCUT2D eigenvalue weighted by molar-refractivity contribution is 5.93. The Labute approximate surface area is 176 Å².